The Balaban J connectivity index is 0.00000264. The van der Waals surface area contributed by atoms with Crippen LogP contribution in [-0.2, 0) is 4.79 Å². The zero-order valence-electron chi connectivity index (χ0n) is 13.8. The highest BCUT2D eigenvalue weighted by Gasteiger charge is 2.18. The molecule has 0 aliphatic heterocycles. The number of halogens is 1. The summed E-state index contributed by atoms with van der Waals surface area (Å²) in [5.41, 5.74) is 6.45. The maximum Gasteiger partial charge on any atom is 0.224 e. The lowest BCUT2D eigenvalue weighted by atomic mass is 10.1. The second-order valence-electron chi connectivity index (χ2n) is 6.02. The second kappa shape index (κ2) is 11.8. The summed E-state index contributed by atoms with van der Waals surface area (Å²) in [7, 11) is 0. The normalized spacial score (nSPS) is 14.5. The van der Waals surface area contributed by atoms with Crippen LogP contribution in [0.4, 0.5) is 5.69 Å². The van der Waals surface area contributed by atoms with E-state index in [1.165, 1.54) is 30.6 Å². The molecule has 1 aromatic rings. The summed E-state index contributed by atoms with van der Waals surface area (Å²) in [6.07, 6.45) is 10.1. The van der Waals surface area contributed by atoms with Gasteiger partial charge in [-0.25, -0.2) is 0 Å². The summed E-state index contributed by atoms with van der Waals surface area (Å²) < 4.78 is 0. The van der Waals surface area contributed by atoms with Gasteiger partial charge in [0.25, 0.3) is 0 Å². The number of nitrogens with two attached hydrogens (primary N) is 1. The zero-order chi connectivity index (χ0) is 15.6. The number of nitrogens with one attached hydrogen (secondary N) is 1. The molecular formula is C18H29ClN2OS. The highest BCUT2D eigenvalue weighted by Crippen LogP contribution is 2.38. The molecule has 0 spiro atoms. The highest BCUT2D eigenvalue weighted by atomic mass is 35.5. The van der Waals surface area contributed by atoms with Gasteiger partial charge >= 0.3 is 0 Å². The number of carbonyl (C=O) groups is 1. The van der Waals surface area contributed by atoms with E-state index in [0.717, 1.165) is 37.9 Å². The number of amides is 1. The van der Waals surface area contributed by atoms with Crippen LogP contribution in [0.3, 0.4) is 0 Å². The van der Waals surface area contributed by atoms with Crippen LogP contribution >= 0.6 is 24.2 Å². The molecule has 1 fully saturated rings. The van der Waals surface area contributed by atoms with Gasteiger partial charge in [-0.2, -0.15) is 0 Å². The van der Waals surface area contributed by atoms with Crippen molar-refractivity contribution in [1.82, 2.24) is 0 Å². The topological polar surface area (TPSA) is 55.1 Å². The van der Waals surface area contributed by atoms with Gasteiger partial charge in [0.2, 0.25) is 5.91 Å². The summed E-state index contributed by atoms with van der Waals surface area (Å²) in [6, 6.07) is 8.19. The Kier molecular flexibility index (Phi) is 10.4. The molecule has 23 heavy (non-hydrogen) atoms. The molecule has 5 heteroatoms. The van der Waals surface area contributed by atoms with Gasteiger partial charge in [0.05, 0.1) is 5.69 Å². The first-order chi connectivity index (χ1) is 10.8. The van der Waals surface area contributed by atoms with Gasteiger partial charge in [0.1, 0.15) is 0 Å². The molecule has 0 bridgehead atoms. The van der Waals surface area contributed by atoms with Crippen LogP contribution in [-0.4, -0.2) is 17.7 Å². The largest absolute Gasteiger partial charge is 0.330 e. The van der Waals surface area contributed by atoms with E-state index in [-0.39, 0.29) is 18.3 Å². The summed E-state index contributed by atoms with van der Waals surface area (Å²) in [4.78, 5) is 13.3. The summed E-state index contributed by atoms with van der Waals surface area (Å²) in [5, 5.41) is 3.81. The minimum Gasteiger partial charge on any atom is -0.330 e. The predicted molar refractivity (Wildman–Crippen MR) is 103 cm³/mol. The Hall–Kier alpha value is -0.710. The number of benzene rings is 1. The fourth-order valence-corrected chi connectivity index (χ4v) is 4.19. The van der Waals surface area contributed by atoms with E-state index in [1.807, 2.05) is 23.9 Å². The SMILES string of the molecule is Cl.NCCCCCCC(=O)Nc1ccccc1SC1CCCC1. The average Bonchev–Trinajstić information content (AvgIpc) is 3.02. The van der Waals surface area contributed by atoms with Crippen molar-refractivity contribution in [2.45, 2.75) is 67.9 Å². The maximum atomic E-state index is 12.1. The second-order valence-corrected chi connectivity index (χ2v) is 7.36. The Bertz CT molecular complexity index is 464. The lowest BCUT2D eigenvalue weighted by Gasteiger charge is -2.14. The van der Waals surface area contributed by atoms with Crippen molar-refractivity contribution in [3.63, 3.8) is 0 Å². The number of unbranched alkanes of at least 4 members (excludes halogenated alkanes) is 3. The van der Waals surface area contributed by atoms with Crippen molar-refractivity contribution in [1.29, 1.82) is 0 Å². The van der Waals surface area contributed by atoms with Crippen molar-refractivity contribution in [3.05, 3.63) is 24.3 Å². The molecule has 0 atom stereocenters. The zero-order valence-corrected chi connectivity index (χ0v) is 15.4. The standard InChI is InChI=1S/C18H28N2OS.ClH/c19-14-8-2-1-3-13-18(21)20-16-11-6-7-12-17(16)22-15-9-4-5-10-15;/h6-7,11-12,15H,1-5,8-10,13-14,19H2,(H,20,21);1H. The minimum absolute atomic E-state index is 0. The molecule has 0 aromatic heterocycles. The molecule has 2 rings (SSSR count). The molecule has 1 saturated carbocycles. The van der Waals surface area contributed by atoms with E-state index >= 15 is 0 Å². The first-order valence-corrected chi connectivity index (χ1v) is 9.43. The van der Waals surface area contributed by atoms with Crippen molar-refractivity contribution in [2.24, 2.45) is 5.73 Å². The lowest BCUT2D eigenvalue weighted by molar-refractivity contribution is -0.116. The monoisotopic (exact) mass is 356 g/mol. The van der Waals surface area contributed by atoms with Crippen LogP contribution in [0.5, 0.6) is 0 Å². The smallest absolute Gasteiger partial charge is 0.224 e. The minimum atomic E-state index is 0. The molecule has 0 saturated heterocycles. The fraction of sp³-hybridized carbons (Fsp3) is 0.611. The molecule has 1 aliphatic rings. The Morgan fingerprint density at radius 1 is 1.13 bits per heavy atom. The summed E-state index contributed by atoms with van der Waals surface area (Å²) >= 11 is 1.93. The van der Waals surface area contributed by atoms with Crippen LogP contribution in [0, 0.1) is 0 Å². The number of anilines is 1. The van der Waals surface area contributed by atoms with Gasteiger partial charge in [-0.3, -0.25) is 4.79 Å². The summed E-state index contributed by atoms with van der Waals surface area (Å²) in [6.45, 7) is 0.748. The van der Waals surface area contributed by atoms with E-state index < -0.39 is 0 Å². The quantitative estimate of drug-likeness (QED) is 0.613. The molecule has 0 unspecified atom stereocenters. The van der Waals surface area contributed by atoms with E-state index in [2.05, 4.69) is 17.4 Å². The van der Waals surface area contributed by atoms with Crippen molar-refractivity contribution in [3.8, 4) is 0 Å². The van der Waals surface area contributed by atoms with Crippen LogP contribution in [0.1, 0.15) is 57.8 Å². The fourth-order valence-electron chi connectivity index (χ4n) is 2.85. The Labute approximate surface area is 150 Å². The third kappa shape index (κ3) is 7.60. The number of para-hydroxylation sites is 1. The van der Waals surface area contributed by atoms with Gasteiger partial charge in [-0.05, 0) is 44.4 Å². The van der Waals surface area contributed by atoms with Gasteiger partial charge in [0, 0.05) is 16.6 Å². The summed E-state index contributed by atoms with van der Waals surface area (Å²) in [5.74, 6) is 0.132. The Morgan fingerprint density at radius 2 is 1.83 bits per heavy atom. The third-order valence-electron chi connectivity index (χ3n) is 4.11. The van der Waals surface area contributed by atoms with E-state index in [1.54, 1.807) is 0 Å². The van der Waals surface area contributed by atoms with Gasteiger partial charge in [-0.15, -0.1) is 24.2 Å². The van der Waals surface area contributed by atoms with Crippen molar-refractivity contribution in [2.75, 3.05) is 11.9 Å². The molecule has 1 aliphatic carbocycles. The van der Waals surface area contributed by atoms with Gasteiger partial charge in [-0.1, -0.05) is 37.8 Å². The predicted octanol–water partition coefficient (Wildman–Crippen LogP) is 4.99. The number of hydrogen-bond donors (Lipinski definition) is 2. The van der Waals surface area contributed by atoms with E-state index in [9.17, 15) is 4.79 Å². The molecule has 1 aromatic carbocycles. The molecular weight excluding hydrogens is 328 g/mol. The van der Waals surface area contributed by atoms with E-state index in [0.29, 0.717) is 11.7 Å². The lowest BCUT2D eigenvalue weighted by Crippen LogP contribution is -2.12. The third-order valence-corrected chi connectivity index (χ3v) is 5.53. The number of rotatable bonds is 9. The molecule has 3 nitrogen and oxygen atoms in total. The van der Waals surface area contributed by atoms with Crippen molar-refractivity contribution < 1.29 is 4.79 Å². The molecule has 0 heterocycles. The number of thioether (sulfide) groups is 1. The first-order valence-electron chi connectivity index (χ1n) is 8.55. The van der Waals surface area contributed by atoms with Crippen LogP contribution < -0.4 is 11.1 Å². The highest BCUT2D eigenvalue weighted by molar-refractivity contribution is 8.00. The van der Waals surface area contributed by atoms with Gasteiger partial charge < -0.3 is 11.1 Å². The average molecular weight is 357 g/mol. The van der Waals surface area contributed by atoms with Gasteiger partial charge in [0.15, 0.2) is 0 Å². The first kappa shape index (κ1) is 20.3. The van der Waals surface area contributed by atoms with Crippen LogP contribution in [0.15, 0.2) is 29.2 Å². The number of hydrogen-bond acceptors (Lipinski definition) is 3. The van der Waals surface area contributed by atoms with E-state index in [4.69, 9.17) is 5.73 Å². The molecule has 130 valence electrons. The molecule has 3 N–H and O–H groups in total. The maximum absolute atomic E-state index is 12.1. The van der Waals surface area contributed by atoms with Crippen LogP contribution in [0.2, 0.25) is 0 Å². The molecule has 1 amide bonds. The molecule has 0 radical (unpaired) electrons. The van der Waals surface area contributed by atoms with Crippen molar-refractivity contribution >= 4 is 35.8 Å². The number of carbonyl (C=O) groups excluding carboxylic acids is 1. The Morgan fingerprint density at radius 3 is 2.57 bits per heavy atom. The van der Waals surface area contributed by atoms with Crippen LogP contribution in [0.25, 0.3) is 0 Å².